The van der Waals surface area contributed by atoms with Gasteiger partial charge in [0.15, 0.2) is 0 Å². The van der Waals surface area contributed by atoms with E-state index in [1.165, 1.54) is 6.42 Å². The predicted octanol–water partition coefficient (Wildman–Crippen LogP) is 5.39. The van der Waals surface area contributed by atoms with Gasteiger partial charge in [-0.1, -0.05) is 81.5 Å². The molecule has 5 nitrogen and oxygen atoms in total. The SMILES string of the molecule is CC[C@H](C)[C@@H]1N=C(c2ccccc2)c2cc(Cl)ccc2N(CC(=O)NC2CCCCC2)C1=O. The Balaban J connectivity index is 1.74. The quantitative estimate of drug-likeness (QED) is 0.621. The summed E-state index contributed by atoms with van der Waals surface area (Å²) in [5.41, 5.74) is 3.12. The highest BCUT2D eigenvalue weighted by molar-refractivity contribution is 6.32. The summed E-state index contributed by atoms with van der Waals surface area (Å²) in [5, 5.41) is 3.72. The highest BCUT2D eigenvalue weighted by Gasteiger charge is 2.36. The lowest BCUT2D eigenvalue weighted by Crippen LogP contribution is -2.48. The number of carbonyl (C=O) groups excluding carboxylic acids is 2. The third-order valence-corrected chi connectivity index (χ3v) is 7.03. The van der Waals surface area contributed by atoms with Gasteiger partial charge in [0.05, 0.1) is 11.4 Å². The van der Waals surface area contributed by atoms with E-state index in [4.69, 9.17) is 16.6 Å². The van der Waals surface area contributed by atoms with Crippen LogP contribution in [0.5, 0.6) is 0 Å². The lowest BCUT2D eigenvalue weighted by Gasteiger charge is -2.28. The van der Waals surface area contributed by atoms with Gasteiger partial charge in [-0.3, -0.25) is 14.6 Å². The molecule has 0 radical (unpaired) electrons. The molecule has 1 aliphatic carbocycles. The Kier molecular flexibility index (Phi) is 7.49. The molecular weight excluding hydrogens is 434 g/mol. The highest BCUT2D eigenvalue weighted by Crippen LogP contribution is 2.33. The van der Waals surface area contributed by atoms with E-state index in [0.717, 1.165) is 48.9 Å². The van der Waals surface area contributed by atoms with Gasteiger partial charge in [-0.05, 0) is 37.0 Å². The Hall–Kier alpha value is -2.66. The van der Waals surface area contributed by atoms with Crippen molar-refractivity contribution in [1.82, 2.24) is 5.32 Å². The number of hydrogen-bond acceptors (Lipinski definition) is 3. The number of hydrogen-bond donors (Lipinski definition) is 1. The van der Waals surface area contributed by atoms with E-state index in [0.29, 0.717) is 10.7 Å². The Bertz CT molecular complexity index is 1030. The molecule has 0 unspecified atom stereocenters. The molecule has 0 aromatic heterocycles. The maximum absolute atomic E-state index is 13.8. The predicted molar refractivity (Wildman–Crippen MR) is 134 cm³/mol. The number of carbonyl (C=O) groups is 2. The summed E-state index contributed by atoms with van der Waals surface area (Å²) in [5.74, 6) is -0.232. The zero-order valence-corrected chi connectivity index (χ0v) is 20.1. The molecule has 0 saturated heterocycles. The molecule has 6 heteroatoms. The highest BCUT2D eigenvalue weighted by atomic mass is 35.5. The summed E-state index contributed by atoms with van der Waals surface area (Å²) in [6, 6.07) is 14.9. The lowest BCUT2D eigenvalue weighted by atomic mass is 9.95. The number of benzodiazepines with no additional fused rings is 1. The molecule has 2 amide bonds. The van der Waals surface area contributed by atoms with Gasteiger partial charge in [0, 0.05) is 22.2 Å². The molecule has 2 aromatic rings. The van der Waals surface area contributed by atoms with Crippen molar-refractivity contribution in [3.63, 3.8) is 0 Å². The molecule has 1 heterocycles. The smallest absolute Gasteiger partial charge is 0.252 e. The van der Waals surface area contributed by atoms with Gasteiger partial charge < -0.3 is 10.2 Å². The second kappa shape index (κ2) is 10.5. The van der Waals surface area contributed by atoms with Crippen LogP contribution in [0.2, 0.25) is 5.02 Å². The molecule has 1 N–H and O–H groups in total. The van der Waals surface area contributed by atoms with Crippen LogP contribution in [-0.4, -0.2) is 36.2 Å². The largest absolute Gasteiger partial charge is 0.352 e. The van der Waals surface area contributed by atoms with Crippen molar-refractivity contribution in [3.05, 3.63) is 64.7 Å². The number of anilines is 1. The summed E-state index contributed by atoms with van der Waals surface area (Å²) >= 11 is 6.39. The van der Waals surface area contributed by atoms with Crippen molar-refractivity contribution in [2.75, 3.05) is 11.4 Å². The number of nitrogens with one attached hydrogen (secondary N) is 1. The second-order valence-corrected chi connectivity index (χ2v) is 9.60. The average molecular weight is 466 g/mol. The monoisotopic (exact) mass is 465 g/mol. The number of benzene rings is 2. The maximum atomic E-state index is 13.8. The van der Waals surface area contributed by atoms with Crippen LogP contribution in [0.3, 0.4) is 0 Å². The van der Waals surface area contributed by atoms with Crippen molar-refractivity contribution >= 4 is 34.8 Å². The summed E-state index contributed by atoms with van der Waals surface area (Å²) in [4.78, 5) is 33.4. The molecule has 33 heavy (non-hydrogen) atoms. The zero-order valence-electron chi connectivity index (χ0n) is 19.4. The van der Waals surface area contributed by atoms with Gasteiger partial charge in [0.1, 0.15) is 12.6 Å². The van der Waals surface area contributed by atoms with Crippen LogP contribution in [0.25, 0.3) is 0 Å². The number of aliphatic imine (C=N–C) groups is 1. The van der Waals surface area contributed by atoms with Crippen molar-refractivity contribution in [3.8, 4) is 0 Å². The average Bonchev–Trinajstić information content (AvgIpc) is 2.94. The number of rotatable bonds is 6. The minimum atomic E-state index is -0.570. The standard InChI is InChI=1S/C27H32ClN3O2/c1-3-18(2)25-27(33)31(17-24(32)29-21-12-8-5-9-13-21)23-15-14-20(28)16-22(23)26(30-25)19-10-6-4-7-11-19/h4,6-7,10-11,14-16,18,21,25H,3,5,8-9,12-13,17H2,1-2H3,(H,29,32)/t18-,25-/m0/s1. The second-order valence-electron chi connectivity index (χ2n) is 9.16. The van der Waals surface area contributed by atoms with Gasteiger partial charge in [-0.15, -0.1) is 0 Å². The number of halogens is 1. The van der Waals surface area contributed by atoms with Crippen LogP contribution in [0.15, 0.2) is 53.5 Å². The van der Waals surface area contributed by atoms with Crippen LogP contribution < -0.4 is 10.2 Å². The first-order chi connectivity index (χ1) is 16.0. The molecule has 2 atom stereocenters. The fourth-order valence-corrected chi connectivity index (χ4v) is 4.89. The van der Waals surface area contributed by atoms with Crippen LogP contribution >= 0.6 is 11.6 Å². The first kappa shape index (κ1) is 23.5. The van der Waals surface area contributed by atoms with Crippen molar-refractivity contribution < 1.29 is 9.59 Å². The molecule has 2 aliphatic rings. The fraction of sp³-hybridized carbons (Fsp3) is 0.444. The van der Waals surface area contributed by atoms with E-state index in [2.05, 4.69) is 12.2 Å². The topological polar surface area (TPSA) is 61.8 Å². The lowest BCUT2D eigenvalue weighted by molar-refractivity contribution is -0.125. The number of amides is 2. The molecule has 0 bridgehead atoms. The van der Waals surface area contributed by atoms with E-state index in [1.807, 2.05) is 49.4 Å². The van der Waals surface area contributed by atoms with Crippen LogP contribution in [0.1, 0.15) is 63.5 Å². The Labute approximate surface area is 201 Å². The summed E-state index contributed by atoms with van der Waals surface area (Å²) in [7, 11) is 0. The molecule has 174 valence electrons. The van der Waals surface area contributed by atoms with Gasteiger partial charge in [0.25, 0.3) is 5.91 Å². The maximum Gasteiger partial charge on any atom is 0.252 e. The molecule has 1 saturated carbocycles. The van der Waals surface area contributed by atoms with E-state index in [9.17, 15) is 9.59 Å². The molecule has 2 aromatic carbocycles. The Morgan fingerprint density at radius 1 is 1.15 bits per heavy atom. The Morgan fingerprint density at radius 2 is 1.88 bits per heavy atom. The number of nitrogens with zero attached hydrogens (tertiary/aromatic N) is 2. The summed E-state index contributed by atoms with van der Waals surface area (Å²) < 4.78 is 0. The molecular formula is C27H32ClN3O2. The number of fused-ring (bicyclic) bond motifs is 1. The van der Waals surface area contributed by atoms with Gasteiger partial charge >= 0.3 is 0 Å². The third kappa shape index (κ3) is 5.30. The summed E-state index contributed by atoms with van der Waals surface area (Å²) in [6.45, 7) is 4.08. The first-order valence-corrected chi connectivity index (χ1v) is 12.4. The zero-order chi connectivity index (χ0) is 23.4. The van der Waals surface area contributed by atoms with E-state index >= 15 is 0 Å². The van der Waals surface area contributed by atoms with Gasteiger partial charge in [-0.2, -0.15) is 0 Å². The molecule has 4 rings (SSSR count). The van der Waals surface area contributed by atoms with E-state index in [-0.39, 0.29) is 30.3 Å². The van der Waals surface area contributed by atoms with Crippen LogP contribution in [-0.2, 0) is 9.59 Å². The van der Waals surface area contributed by atoms with Crippen LogP contribution in [0.4, 0.5) is 5.69 Å². The Morgan fingerprint density at radius 3 is 2.58 bits per heavy atom. The fourth-order valence-electron chi connectivity index (χ4n) is 4.72. The van der Waals surface area contributed by atoms with Crippen molar-refractivity contribution in [2.24, 2.45) is 10.9 Å². The van der Waals surface area contributed by atoms with Crippen molar-refractivity contribution in [1.29, 1.82) is 0 Å². The normalized spacial score (nSPS) is 20.0. The van der Waals surface area contributed by atoms with Gasteiger partial charge in [-0.25, -0.2) is 0 Å². The molecule has 1 fully saturated rings. The first-order valence-electron chi connectivity index (χ1n) is 12.0. The third-order valence-electron chi connectivity index (χ3n) is 6.79. The summed E-state index contributed by atoms with van der Waals surface area (Å²) in [6.07, 6.45) is 6.31. The minimum Gasteiger partial charge on any atom is -0.352 e. The van der Waals surface area contributed by atoms with E-state index in [1.54, 1.807) is 11.0 Å². The van der Waals surface area contributed by atoms with Crippen LogP contribution in [0, 0.1) is 5.92 Å². The minimum absolute atomic E-state index is 0.0194. The van der Waals surface area contributed by atoms with Crippen molar-refractivity contribution in [2.45, 2.75) is 64.5 Å². The molecule has 0 spiro atoms. The molecule has 1 aliphatic heterocycles. The van der Waals surface area contributed by atoms with Gasteiger partial charge in [0.2, 0.25) is 5.91 Å². The van der Waals surface area contributed by atoms with E-state index < -0.39 is 6.04 Å².